The smallest absolute Gasteiger partial charge is 0.160 e. The maximum atomic E-state index is 5.47. The van der Waals surface area contributed by atoms with Crippen molar-refractivity contribution in [2.45, 2.75) is 0 Å². The summed E-state index contributed by atoms with van der Waals surface area (Å²) in [6.45, 7) is 0. The highest BCUT2D eigenvalue weighted by molar-refractivity contribution is 6.21. The summed E-state index contributed by atoms with van der Waals surface area (Å²) in [6.07, 6.45) is 0. The van der Waals surface area contributed by atoms with E-state index in [1.54, 1.807) is 0 Å². The van der Waals surface area contributed by atoms with Crippen LogP contribution >= 0.6 is 0 Å². The van der Waals surface area contributed by atoms with Gasteiger partial charge in [-0.25, -0.2) is 24.9 Å². The van der Waals surface area contributed by atoms with Crippen LogP contribution in [0.15, 0.2) is 188 Å². The van der Waals surface area contributed by atoms with E-state index in [-0.39, 0.29) is 0 Å². The van der Waals surface area contributed by atoms with E-state index in [0.29, 0.717) is 5.82 Å². The van der Waals surface area contributed by atoms with Crippen LogP contribution in [0.5, 0.6) is 0 Å². The summed E-state index contributed by atoms with van der Waals surface area (Å²) in [5, 5.41) is 3.08. The Balaban J connectivity index is 1.20. The molecule has 3 aromatic heterocycles. The number of nitrogens with zero attached hydrogens (tertiary/aromatic N) is 5. The summed E-state index contributed by atoms with van der Waals surface area (Å²) in [6, 6.07) is 64.2. The molecule has 0 unspecified atom stereocenters. The number of fused-ring (bicyclic) bond motifs is 5. The molecule has 10 aromatic rings. The molecule has 0 saturated carbocycles. The fraction of sp³-hybridized carbons (Fsp3) is 0. The van der Waals surface area contributed by atoms with Crippen LogP contribution in [0.3, 0.4) is 0 Å². The van der Waals surface area contributed by atoms with Crippen molar-refractivity contribution in [1.29, 1.82) is 0 Å². The standard InChI is InChI=1S/C49H31N5/c1-5-16-32(17-6-1)42-31-43(53-49(52-42)35-22-11-4-12-23-35)36-24-15-25-37(30-36)45-39-28-29-41-48(44(39)38-26-13-14-27-40(38)50-45)54-47(34-20-9-3-10-21-34)46(51-41)33-18-7-2-8-19-33/h1-31H. The first-order chi connectivity index (χ1) is 26.8. The van der Waals surface area contributed by atoms with Crippen molar-refractivity contribution in [3.8, 4) is 67.7 Å². The summed E-state index contributed by atoms with van der Waals surface area (Å²) in [5.74, 6) is 0.681. The van der Waals surface area contributed by atoms with Crippen molar-refractivity contribution in [3.05, 3.63) is 188 Å². The Bertz CT molecular complexity index is 2910. The maximum absolute atomic E-state index is 5.47. The summed E-state index contributed by atoms with van der Waals surface area (Å²) in [4.78, 5) is 26.2. The Labute approximate surface area is 312 Å². The highest BCUT2D eigenvalue weighted by Gasteiger charge is 2.19. The minimum Gasteiger partial charge on any atom is -0.247 e. The second-order valence-corrected chi connectivity index (χ2v) is 13.3. The van der Waals surface area contributed by atoms with Crippen molar-refractivity contribution < 1.29 is 0 Å². The number of hydrogen-bond donors (Lipinski definition) is 0. The highest BCUT2D eigenvalue weighted by Crippen LogP contribution is 2.40. The van der Waals surface area contributed by atoms with Crippen LogP contribution in [0.1, 0.15) is 0 Å². The number of aromatic nitrogens is 5. The maximum Gasteiger partial charge on any atom is 0.160 e. The third-order valence-corrected chi connectivity index (χ3v) is 9.85. The molecular weight excluding hydrogens is 659 g/mol. The van der Waals surface area contributed by atoms with Crippen LogP contribution < -0.4 is 0 Å². The molecule has 0 N–H and O–H groups in total. The minimum atomic E-state index is 0.681. The van der Waals surface area contributed by atoms with Crippen LogP contribution in [-0.2, 0) is 0 Å². The second kappa shape index (κ2) is 13.3. The average Bonchev–Trinajstić information content (AvgIpc) is 3.26. The van der Waals surface area contributed by atoms with Gasteiger partial charge in [0.15, 0.2) is 5.82 Å². The van der Waals surface area contributed by atoms with Crippen molar-refractivity contribution >= 4 is 32.7 Å². The van der Waals surface area contributed by atoms with Gasteiger partial charge in [-0.15, -0.1) is 0 Å². The van der Waals surface area contributed by atoms with E-state index < -0.39 is 0 Å². The molecule has 0 radical (unpaired) electrons. The van der Waals surface area contributed by atoms with Gasteiger partial charge < -0.3 is 0 Å². The molecule has 7 aromatic carbocycles. The lowest BCUT2D eigenvalue weighted by atomic mass is 9.96. The monoisotopic (exact) mass is 689 g/mol. The van der Waals surface area contributed by atoms with Gasteiger partial charge in [-0.05, 0) is 30.3 Å². The molecule has 0 amide bonds. The topological polar surface area (TPSA) is 64.5 Å². The predicted octanol–water partition coefficient (Wildman–Crippen LogP) is 12.1. The van der Waals surface area contributed by atoms with Crippen molar-refractivity contribution in [2.24, 2.45) is 0 Å². The Morgan fingerprint density at radius 1 is 0.278 bits per heavy atom. The van der Waals surface area contributed by atoms with Gasteiger partial charge in [0, 0.05) is 49.5 Å². The fourth-order valence-corrected chi connectivity index (χ4v) is 7.26. The van der Waals surface area contributed by atoms with Gasteiger partial charge in [0.1, 0.15) is 0 Å². The molecule has 0 aliphatic carbocycles. The van der Waals surface area contributed by atoms with E-state index in [2.05, 4.69) is 109 Å². The second-order valence-electron chi connectivity index (χ2n) is 13.3. The van der Waals surface area contributed by atoms with E-state index in [1.807, 2.05) is 78.9 Å². The third-order valence-electron chi connectivity index (χ3n) is 9.85. The summed E-state index contributed by atoms with van der Waals surface area (Å²) in [5.41, 5.74) is 12.9. The van der Waals surface area contributed by atoms with Gasteiger partial charge in [-0.3, -0.25) is 0 Å². The molecule has 54 heavy (non-hydrogen) atoms. The summed E-state index contributed by atoms with van der Waals surface area (Å²) in [7, 11) is 0. The lowest BCUT2D eigenvalue weighted by Gasteiger charge is -2.15. The quantitative estimate of drug-likeness (QED) is 0.163. The summed E-state index contributed by atoms with van der Waals surface area (Å²) < 4.78 is 0. The predicted molar refractivity (Wildman–Crippen MR) is 221 cm³/mol. The lowest BCUT2D eigenvalue weighted by Crippen LogP contribution is -1.98. The van der Waals surface area contributed by atoms with Crippen molar-refractivity contribution in [2.75, 3.05) is 0 Å². The Hall–Kier alpha value is -7.37. The van der Waals surface area contributed by atoms with Gasteiger partial charge in [-0.2, -0.15) is 0 Å². The molecule has 5 heteroatoms. The Morgan fingerprint density at radius 2 is 0.796 bits per heavy atom. The molecular formula is C49H31N5. The molecule has 0 aliphatic rings. The Kier molecular flexibility index (Phi) is 7.73. The van der Waals surface area contributed by atoms with Crippen LogP contribution in [-0.4, -0.2) is 24.9 Å². The highest BCUT2D eigenvalue weighted by atomic mass is 14.9. The first-order valence-electron chi connectivity index (χ1n) is 18.0. The molecule has 0 spiro atoms. The van der Waals surface area contributed by atoms with Gasteiger partial charge in [0.05, 0.1) is 45.0 Å². The van der Waals surface area contributed by atoms with E-state index in [9.17, 15) is 0 Å². The summed E-state index contributed by atoms with van der Waals surface area (Å²) >= 11 is 0. The first kappa shape index (κ1) is 31.4. The van der Waals surface area contributed by atoms with E-state index >= 15 is 0 Å². The largest absolute Gasteiger partial charge is 0.247 e. The van der Waals surface area contributed by atoms with Crippen LogP contribution in [0.2, 0.25) is 0 Å². The third kappa shape index (κ3) is 5.65. The zero-order chi connectivity index (χ0) is 35.8. The van der Waals surface area contributed by atoms with Gasteiger partial charge in [0.2, 0.25) is 0 Å². The first-order valence-corrected chi connectivity index (χ1v) is 18.0. The van der Waals surface area contributed by atoms with Gasteiger partial charge in [0.25, 0.3) is 0 Å². The molecule has 5 nitrogen and oxygen atoms in total. The molecule has 10 rings (SSSR count). The molecule has 0 aliphatic heterocycles. The van der Waals surface area contributed by atoms with E-state index in [0.717, 1.165) is 94.6 Å². The van der Waals surface area contributed by atoms with Gasteiger partial charge in [-0.1, -0.05) is 158 Å². The number of pyridine rings is 1. The molecule has 0 fully saturated rings. The number of hydrogen-bond acceptors (Lipinski definition) is 5. The Morgan fingerprint density at radius 3 is 1.48 bits per heavy atom. The number of para-hydroxylation sites is 1. The van der Waals surface area contributed by atoms with E-state index in [1.165, 1.54) is 0 Å². The molecule has 0 bridgehead atoms. The molecule has 0 atom stereocenters. The van der Waals surface area contributed by atoms with Gasteiger partial charge >= 0.3 is 0 Å². The number of rotatable bonds is 6. The molecule has 252 valence electrons. The normalized spacial score (nSPS) is 11.3. The van der Waals surface area contributed by atoms with Crippen LogP contribution in [0.25, 0.3) is 100 Å². The fourth-order valence-electron chi connectivity index (χ4n) is 7.26. The molecule has 0 saturated heterocycles. The van der Waals surface area contributed by atoms with Crippen LogP contribution in [0, 0.1) is 0 Å². The van der Waals surface area contributed by atoms with Crippen molar-refractivity contribution in [3.63, 3.8) is 0 Å². The van der Waals surface area contributed by atoms with Crippen LogP contribution in [0.4, 0.5) is 0 Å². The average molecular weight is 690 g/mol. The van der Waals surface area contributed by atoms with Crippen molar-refractivity contribution in [1.82, 2.24) is 24.9 Å². The molecule has 3 heterocycles. The zero-order valence-corrected chi connectivity index (χ0v) is 29.1. The number of benzene rings is 7. The lowest BCUT2D eigenvalue weighted by molar-refractivity contribution is 1.18. The zero-order valence-electron chi connectivity index (χ0n) is 29.1. The minimum absolute atomic E-state index is 0.681. The SMILES string of the molecule is c1ccc(-c2cc(-c3cccc(-c4nc5ccccc5c5c4ccc4nc(-c6ccccc6)c(-c6ccccc6)nc45)c3)nc(-c3ccccc3)n2)cc1. The van der Waals surface area contributed by atoms with E-state index in [4.69, 9.17) is 24.9 Å².